The second kappa shape index (κ2) is 6.72. The fraction of sp³-hybridized carbons (Fsp3) is 0.250. The van der Waals surface area contributed by atoms with Crippen molar-refractivity contribution < 1.29 is 9.59 Å². The van der Waals surface area contributed by atoms with Crippen LogP contribution in [0.1, 0.15) is 31.2 Å². The second-order valence-corrected chi connectivity index (χ2v) is 7.59. The number of likely N-dealkylation sites (N-methyl/N-ethyl adjacent to an activating group) is 1. The Bertz CT molecular complexity index is 835. The first kappa shape index (κ1) is 17.2. The van der Waals surface area contributed by atoms with Gasteiger partial charge in [0.05, 0.1) is 16.1 Å². The van der Waals surface area contributed by atoms with E-state index in [1.807, 2.05) is 7.05 Å². The molecule has 3 N–H and O–H groups in total. The van der Waals surface area contributed by atoms with Gasteiger partial charge in [0.1, 0.15) is 5.00 Å². The van der Waals surface area contributed by atoms with E-state index in [9.17, 15) is 9.59 Å². The lowest BCUT2D eigenvalue weighted by Gasteiger charge is -2.22. The van der Waals surface area contributed by atoms with Crippen molar-refractivity contribution >= 4 is 51.4 Å². The van der Waals surface area contributed by atoms with Gasteiger partial charge in [-0.05, 0) is 37.2 Å². The summed E-state index contributed by atoms with van der Waals surface area (Å²) in [5.41, 5.74) is 7.12. The van der Waals surface area contributed by atoms with Crippen molar-refractivity contribution in [2.45, 2.75) is 13.0 Å². The Morgan fingerprint density at radius 3 is 2.79 bits per heavy atom. The SMILES string of the molecule is CN1CCc2c(sc(NC(=O)c3cc(Cl)ccc3Cl)c2C(N)=O)C1. The Balaban J connectivity index is 1.96. The first-order valence-corrected chi connectivity index (χ1v) is 8.83. The van der Waals surface area contributed by atoms with E-state index in [-0.39, 0.29) is 5.56 Å². The Hall–Kier alpha value is -1.60. The van der Waals surface area contributed by atoms with E-state index in [4.69, 9.17) is 28.9 Å². The van der Waals surface area contributed by atoms with Crippen molar-refractivity contribution in [3.63, 3.8) is 0 Å². The van der Waals surface area contributed by atoms with Gasteiger partial charge in [-0.2, -0.15) is 0 Å². The molecule has 1 aromatic heterocycles. The van der Waals surface area contributed by atoms with Gasteiger partial charge in [-0.25, -0.2) is 0 Å². The Kier molecular flexibility index (Phi) is 4.83. The largest absolute Gasteiger partial charge is 0.365 e. The van der Waals surface area contributed by atoms with Crippen LogP contribution in [0.4, 0.5) is 5.00 Å². The van der Waals surface area contributed by atoms with Gasteiger partial charge in [0.15, 0.2) is 0 Å². The zero-order valence-corrected chi connectivity index (χ0v) is 15.2. The molecule has 0 spiro atoms. The molecule has 0 saturated carbocycles. The maximum absolute atomic E-state index is 12.5. The number of carbonyl (C=O) groups is 2. The number of hydrogen-bond donors (Lipinski definition) is 2. The number of nitrogens with zero attached hydrogens (tertiary/aromatic N) is 1. The molecule has 0 unspecified atom stereocenters. The van der Waals surface area contributed by atoms with E-state index in [0.717, 1.165) is 30.0 Å². The molecule has 0 fully saturated rings. The summed E-state index contributed by atoms with van der Waals surface area (Å²) in [5, 5.41) is 3.93. The molecule has 1 aliphatic rings. The van der Waals surface area contributed by atoms with Crippen LogP contribution in [0.5, 0.6) is 0 Å². The highest BCUT2D eigenvalue weighted by Crippen LogP contribution is 2.37. The zero-order valence-electron chi connectivity index (χ0n) is 12.9. The van der Waals surface area contributed by atoms with Gasteiger partial charge in [-0.3, -0.25) is 9.59 Å². The number of halogens is 2. The highest BCUT2D eigenvalue weighted by Gasteiger charge is 2.27. The number of rotatable bonds is 3. The van der Waals surface area contributed by atoms with E-state index in [0.29, 0.717) is 20.6 Å². The highest BCUT2D eigenvalue weighted by atomic mass is 35.5. The van der Waals surface area contributed by atoms with Crippen LogP contribution in [0.3, 0.4) is 0 Å². The summed E-state index contributed by atoms with van der Waals surface area (Å²) >= 11 is 13.4. The summed E-state index contributed by atoms with van der Waals surface area (Å²) in [6.45, 7) is 1.57. The number of benzene rings is 1. The van der Waals surface area contributed by atoms with E-state index in [1.165, 1.54) is 17.4 Å². The van der Waals surface area contributed by atoms with Gasteiger partial charge in [0, 0.05) is 23.0 Å². The molecule has 1 aliphatic heterocycles. The van der Waals surface area contributed by atoms with Crippen molar-refractivity contribution in [1.82, 2.24) is 4.90 Å². The molecule has 3 rings (SSSR count). The molecule has 0 aliphatic carbocycles. The average molecular weight is 384 g/mol. The van der Waals surface area contributed by atoms with Crippen LogP contribution in [0.15, 0.2) is 18.2 Å². The first-order chi connectivity index (χ1) is 11.4. The van der Waals surface area contributed by atoms with Crippen molar-refractivity contribution in [1.29, 1.82) is 0 Å². The third-order valence-electron chi connectivity index (χ3n) is 3.89. The molecule has 2 heterocycles. The summed E-state index contributed by atoms with van der Waals surface area (Å²) in [7, 11) is 2.01. The van der Waals surface area contributed by atoms with Crippen LogP contribution < -0.4 is 11.1 Å². The molecule has 8 heteroatoms. The Morgan fingerprint density at radius 2 is 2.08 bits per heavy atom. The predicted octanol–water partition coefficient (Wildman–Crippen LogP) is 3.39. The number of fused-ring (bicyclic) bond motifs is 1. The molecule has 5 nitrogen and oxygen atoms in total. The van der Waals surface area contributed by atoms with Gasteiger partial charge < -0.3 is 16.0 Å². The molecule has 0 saturated heterocycles. The van der Waals surface area contributed by atoms with Gasteiger partial charge in [-0.15, -0.1) is 11.3 Å². The molecule has 2 amide bonds. The minimum absolute atomic E-state index is 0.253. The quantitative estimate of drug-likeness (QED) is 0.852. The summed E-state index contributed by atoms with van der Waals surface area (Å²) in [5.74, 6) is -0.957. The third-order valence-corrected chi connectivity index (χ3v) is 5.59. The van der Waals surface area contributed by atoms with Crippen LogP contribution in [-0.4, -0.2) is 30.3 Å². The van der Waals surface area contributed by atoms with Gasteiger partial charge in [0.2, 0.25) is 0 Å². The maximum atomic E-state index is 12.5. The van der Waals surface area contributed by atoms with Crippen molar-refractivity contribution in [2.24, 2.45) is 5.73 Å². The summed E-state index contributed by atoms with van der Waals surface area (Å²) < 4.78 is 0. The number of hydrogen-bond acceptors (Lipinski definition) is 4. The summed E-state index contributed by atoms with van der Waals surface area (Å²) in [6, 6.07) is 4.65. The number of anilines is 1. The fourth-order valence-electron chi connectivity index (χ4n) is 2.72. The monoisotopic (exact) mass is 383 g/mol. The third kappa shape index (κ3) is 3.28. The number of nitrogens with one attached hydrogen (secondary N) is 1. The van der Waals surface area contributed by atoms with Crippen LogP contribution in [0, 0.1) is 0 Å². The zero-order chi connectivity index (χ0) is 17.4. The van der Waals surface area contributed by atoms with E-state index >= 15 is 0 Å². The number of amides is 2. The second-order valence-electron chi connectivity index (χ2n) is 5.64. The van der Waals surface area contributed by atoms with Gasteiger partial charge in [0.25, 0.3) is 11.8 Å². The molecule has 1 aromatic carbocycles. The van der Waals surface area contributed by atoms with E-state index < -0.39 is 11.8 Å². The number of carbonyl (C=O) groups excluding carboxylic acids is 2. The Morgan fingerprint density at radius 1 is 1.33 bits per heavy atom. The topological polar surface area (TPSA) is 75.4 Å². The molecular formula is C16H15Cl2N3O2S. The fourth-order valence-corrected chi connectivity index (χ4v) is 4.43. The normalized spacial score (nSPS) is 14.3. The van der Waals surface area contributed by atoms with Gasteiger partial charge >= 0.3 is 0 Å². The van der Waals surface area contributed by atoms with Gasteiger partial charge in [-0.1, -0.05) is 23.2 Å². The maximum Gasteiger partial charge on any atom is 0.257 e. The lowest BCUT2D eigenvalue weighted by atomic mass is 10.0. The highest BCUT2D eigenvalue weighted by molar-refractivity contribution is 7.17. The molecule has 0 radical (unpaired) electrons. The minimum Gasteiger partial charge on any atom is -0.365 e. The number of thiophene rings is 1. The molecule has 0 atom stereocenters. The van der Waals surface area contributed by atoms with Crippen LogP contribution in [-0.2, 0) is 13.0 Å². The predicted molar refractivity (Wildman–Crippen MR) is 97.3 cm³/mol. The van der Waals surface area contributed by atoms with Crippen molar-refractivity contribution in [2.75, 3.05) is 18.9 Å². The van der Waals surface area contributed by atoms with Crippen LogP contribution in [0.25, 0.3) is 0 Å². The summed E-state index contributed by atoms with van der Waals surface area (Å²) in [4.78, 5) is 27.6. The molecule has 0 bridgehead atoms. The van der Waals surface area contributed by atoms with E-state index in [1.54, 1.807) is 12.1 Å². The average Bonchev–Trinajstić information content (AvgIpc) is 2.86. The van der Waals surface area contributed by atoms with E-state index in [2.05, 4.69) is 10.2 Å². The van der Waals surface area contributed by atoms with Crippen LogP contribution >= 0.6 is 34.5 Å². The first-order valence-electron chi connectivity index (χ1n) is 7.26. The Labute approximate surface area is 153 Å². The van der Waals surface area contributed by atoms with Crippen LogP contribution in [0.2, 0.25) is 10.0 Å². The minimum atomic E-state index is -0.537. The molecular weight excluding hydrogens is 369 g/mol. The number of primary amides is 1. The molecule has 24 heavy (non-hydrogen) atoms. The van der Waals surface area contributed by atoms with Crippen molar-refractivity contribution in [3.05, 3.63) is 49.8 Å². The number of nitrogens with two attached hydrogens (primary N) is 1. The standard InChI is InChI=1S/C16H15Cl2N3O2S/c1-21-5-4-9-12(7-21)24-16(13(9)14(19)22)20-15(23)10-6-8(17)2-3-11(10)18/h2-3,6H,4-5,7H2,1H3,(H2,19,22)(H,20,23). The van der Waals surface area contributed by atoms with Crippen molar-refractivity contribution in [3.8, 4) is 0 Å². The lowest BCUT2D eigenvalue weighted by molar-refractivity contribution is 0.1000. The smallest absolute Gasteiger partial charge is 0.257 e. The lowest BCUT2D eigenvalue weighted by Crippen LogP contribution is -2.27. The molecule has 126 valence electrons. The molecule has 2 aromatic rings. The summed E-state index contributed by atoms with van der Waals surface area (Å²) in [6.07, 6.45) is 0.731.